The van der Waals surface area contributed by atoms with Gasteiger partial charge in [-0.1, -0.05) is 6.07 Å². The Labute approximate surface area is 99.3 Å². The maximum Gasteiger partial charge on any atom is 0.389 e. The lowest BCUT2D eigenvalue weighted by atomic mass is 10.0. The standard InChI is InChI=1S/C12H17F3N2/c1-16-11(5-2-6-12(13,14)15)8-10-4-3-7-17-9-10/h3-4,7,9,11,16H,2,5-6,8H2,1H3. The average molecular weight is 246 g/mol. The number of nitrogens with zero attached hydrogens (tertiary/aromatic N) is 1. The first-order valence-corrected chi connectivity index (χ1v) is 5.64. The first-order valence-electron chi connectivity index (χ1n) is 5.64. The Morgan fingerprint density at radius 1 is 1.41 bits per heavy atom. The van der Waals surface area contributed by atoms with Gasteiger partial charge < -0.3 is 5.32 Å². The Morgan fingerprint density at radius 3 is 2.71 bits per heavy atom. The molecule has 0 bridgehead atoms. The molecule has 0 radical (unpaired) electrons. The molecule has 1 aromatic rings. The zero-order valence-electron chi connectivity index (χ0n) is 9.80. The van der Waals surface area contributed by atoms with Crippen molar-refractivity contribution in [3.63, 3.8) is 0 Å². The fraction of sp³-hybridized carbons (Fsp3) is 0.583. The van der Waals surface area contributed by atoms with Crippen LogP contribution in [0, 0.1) is 0 Å². The van der Waals surface area contributed by atoms with Gasteiger partial charge in [-0.25, -0.2) is 0 Å². The molecule has 0 saturated carbocycles. The van der Waals surface area contributed by atoms with E-state index >= 15 is 0 Å². The molecule has 2 nitrogen and oxygen atoms in total. The van der Waals surface area contributed by atoms with E-state index in [1.807, 2.05) is 12.1 Å². The number of pyridine rings is 1. The summed E-state index contributed by atoms with van der Waals surface area (Å²) in [4.78, 5) is 3.98. The van der Waals surface area contributed by atoms with Crippen LogP contribution in [0.5, 0.6) is 0 Å². The molecule has 1 unspecified atom stereocenters. The summed E-state index contributed by atoms with van der Waals surface area (Å²) in [7, 11) is 1.77. The lowest BCUT2D eigenvalue weighted by molar-refractivity contribution is -0.135. The van der Waals surface area contributed by atoms with Gasteiger partial charge in [0.2, 0.25) is 0 Å². The molecule has 1 heterocycles. The van der Waals surface area contributed by atoms with Gasteiger partial charge in [0.05, 0.1) is 0 Å². The number of hydrogen-bond acceptors (Lipinski definition) is 2. The molecule has 0 aliphatic rings. The first kappa shape index (κ1) is 14.0. The number of aromatic nitrogens is 1. The fourth-order valence-electron chi connectivity index (χ4n) is 1.70. The summed E-state index contributed by atoms with van der Waals surface area (Å²) in [5.41, 5.74) is 1.04. The molecular formula is C12H17F3N2. The van der Waals surface area contributed by atoms with Gasteiger partial charge in [0.1, 0.15) is 0 Å². The number of nitrogens with one attached hydrogen (secondary N) is 1. The Kier molecular flexibility index (Phi) is 5.41. The van der Waals surface area contributed by atoms with Crippen LogP contribution in [0.15, 0.2) is 24.5 Å². The molecule has 0 aromatic carbocycles. The molecule has 0 saturated heterocycles. The van der Waals surface area contributed by atoms with E-state index in [4.69, 9.17) is 0 Å². The smallest absolute Gasteiger partial charge is 0.317 e. The number of halogens is 3. The van der Waals surface area contributed by atoms with E-state index in [1.54, 1.807) is 19.4 Å². The summed E-state index contributed by atoms with van der Waals surface area (Å²) < 4.78 is 36.0. The molecule has 0 aliphatic heterocycles. The third-order valence-electron chi connectivity index (χ3n) is 2.63. The number of likely N-dealkylation sites (N-methyl/N-ethyl adjacent to an activating group) is 1. The van der Waals surface area contributed by atoms with Crippen LogP contribution in [0.1, 0.15) is 24.8 Å². The summed E-state index contributed by atoms with van der Waals surface area (Å²) in [6.45, 7) is 0. The van der Waals surface area contributed by atoms with Crippen LogP contribution in [-0.2, 0) is 6.42 Å². The molecule has 17 heavy (non-hydrogen) atoms. The van der Waals surface area contributed by atoms with Gasteiger partial charge in [0.25, 0.3) is 0 Å². The summed E-state index contributed by atoms with van der Waals surface area (Å²) in [6, 6.07) is 3.83. The number of rotatable bonds is 6. The Morgan fingerprint density at radius 2 is 2.18 bits per heavy atom. The zero-order valence-corrected chi connectivity index (χ0v) is 9.80. The largest absolute Gasteiger partial charge is 0.389 e. The Balaban J connectivity index is 2.34. The summed E-state index contributed by atoms with van der Waals surface area (Å²) >= 11 is 0. The van der Waals surface area contributed by atoms with E-state index in [1.165, 1.54) is 0 Å². The third-order valence-corrected chi connectivity index (χ3v) is 2.63. The summed E-state index contributed by atoms with van der Waals surface area (Å²) in [5, 5.41) is 3.04. The van der Waals surface area contributed by atoms with E-state index in [2.05, 4.69) is 10.3 Å². The predicted molar refractivity (Wildman–Crippen MR) is 60.7 cm³/mol. The SMILES string of the molecule is CNC(CCCC(F)(F)F)Cc1cccnc1. The molecule has 5 heteroatoms. The van der Waals surface area contributed by atoms with Crippen molar-refractivity contribution in [1.82, 2.24) is 10.3 Å². The van der Waals surface area contributed by atoms with E-state index in [-0.39, 0.29) is 12.5 Å². The quantitative estimate of drug-likeness (QED) is 0.834. The van der Waals surface area contributed by atoms with Gasteiger partial charge in [0.15, 0.2) is 0 Å². The second-order valence-electron chi connectivity index (χ2n) is 4.06. The van der Waals surface area contributed by atoms with E-state index in [9.17, 15) is 13.2 Å². The molecule has 0 aliphatic carbocycles. The molecule has 1 rings (SSSR count). The van der Waals surface area contributed by atoms with Gasteiger partial charge in [-0.2, -0.15) is 13.2 Å². The number of alkyl halides is 3. The topological polar surface area (TPSA) is 24.9 Å². The fourth-order valence-corrected chi connectivity index (χ4v) is 1.70. The van der Waals surface area contributed by atoms with Gasteiger partial charge in [-0.15, -0.1) is 0 Å². The monoisotopic (exact) mass is 246 g/mol. The molecule has 1 N–H and O–H groups in total. The van der Waals surface area contributed by atoms with E-state index in [0.717, 1.165) is 5.56 Å². The maximum atomic E-state index is 12.0. The second-order valence-corrected chi connectivity index (χ2v) is 4.06. The van der Waals surface area contributed by atoms with Crippen LogP contribution in [0.25, 0.3) is 0 Å². The van der Waals surface area contributed by atoms with Gasteiger partial charge in [0, 0.05) is 24.9 Å². The highest BCUT2D eigenvalue weighted by molar-refractivity contribution is 5.10. The van der Waals surface area contributed by atoms with Crippen molar-refractivity contribution in [2.24, 2.45) is 0 Å². The van der Waals surface area contributed by atoms with Crippen LogP contribution < -0.4 is 5.32 Å². The number of hydrogen-bond donors (Lipinski definition) is 1. The zero-order chi connectivity index (χ0) is 12.7. The minimum atomic E-state index is -4.05. The molecule has 1 aromatic heterocycles. The second kappa shape index (κ2) is 6.59. The highest BCUT2D eigenvalue weighted by atomic mass is 19.4. The van der Waals surface area contributed by atoms with Crippen molar-refractivity contribution < 1.29 is 13.2 Å². The highest BCUT2D eigenvalue weighted by Crippen LogP contribution is 2.23. The first-order chi connectivity index (χ1) is 8.01. The molecule has 96 valence electrons. The van der Waals surface area contributed by atoms with Crippen LogP contribution in [0.3, 0.4) is 0 Å². The minimum Gasteiger partial charge on any atom is -0.317 e. The van der Waals surface area contributed by atoms with Gasteiger partial charge in [-0.3, -0.25) is 4.98 Å². The van der Waals surface area contributed by atoms with Crippen molar-refractivity contribution in [2.45, 2.75) is 37.9 Å². The van der Waals surface area contributed by atoms with Crippen molar-refractivity contribution in [3.8, 4) is 0 Å². The van der Waals surface area contributed by atoms with Crippen LogP contribution in [-0.4, -0.2) is 24.2 Å². The molecule has 1 atom stereocenters. The Hall–Kier alpha value is -1.10. The predicted octanol–water partition coefficient (Wildman–Crippen LogP) is 2.94. The van der Waals surface area contributed by atoms with Crippen molar-refractivity contribution in [2.75, 3.05) is 7.05 Å². The van der Waals surface area contributed by atoms with Gasteiger partial charge >= 0.3 is 6.18 Å². The molecule has 0 fully saturated rings. The molecule has 0 spiro atoms. The molecule has 0 amide bonds. The van der Waals surface area contributed by atoms with Crippen LogP contribution >= 0.6 is 0 Å². The lowest BCUT2D eigenvalue weighted by Crippen LogP contribution is -2.28. The average Bonchev–Trinajstić information content (AvgIpc) is 2.27. The van der Waals surface area contributed by atoms with Crippen molar-refractivity contribution in [1.29, 1.82) is 0 Å². The van der Waals surface area contributed by atoms with E-state index in [0.29, 0.717) is 12.8 Å². The third kappa shape index (κ3) is 6.26. The van der Waals surface area contributed by atoms with Gasteiger partial charge in [-0.05, 0) is 37.9 Å². The normalized spacial score (nSPS) is 13.6. The maximum absolute atomic E-state index is 12.0. The summed E-state index contributed by atoms with van der Waals surface area (Å²) in [6.07, 6.45) is 0.0583. The van der Waals surface area contributed by atoms with Crippen LogP contribution in [0.2, 0.25) is 0 Å². The Bertz CT molecular complexity index is 311. The highest BCUT2D eigenvalue weighted by Gasteiger charge is 2.26. The summed E-state index contributed by atoms with van der Waals surface area (Å²) in [5.74, 6) is 0. The van der Waals surface area contributed by atoms with Crippen LogP contribution in [0.4, 0.5) is 13.2 Å². The van der Waals surface area contributed by atoms with Crippen molar-refractivity contribution >= 4 is 0 Å². The van der Waals surface area contributed by atoms with E-state index < -0.39 is 12.6 Å². The molecular weight excluding hydrogens is 229 g/mol. The minimum absolute atomic E-state index is 0.0709. The van der Waals surface area contributed by atoms with Crippen molar-refractivity contribution in [3.05, 3.63) is 30.1 Å². The lowest BCUT2D eigenvalue weighted by Gasteiger charge is -2.16.